The third-order valence-corrected chi connectivity index (χ3v) is 16.2. The first-order chi connectivity index (χ1) is 12.7. The van der Waals surface area contributed by atoms with Crippen molar-refractivity contribution in [2.45, 2.75) is 109 Å². The van der Waals surface area contributed by atoms with E-state index in [9.17, 15) is 24.9 Å². The SMILES string of the molecule is CC(C)(C)[Si](C)(C)OC1CC(C(=O)O)(C(=O)O)CC(O[Si](C)(C)C(C)(C)C)C1O. The Hall–Kier alpha value is -0.746. The molecule has 0 spiro atoms. The minimum atomic E-state index is -2.38. The van der Waals surface area contributed by atoms with Crippen LogP contribution in [0.5, 0.6) is 0 Å². The Morgan fingerprint density at radius 3 is 1.28 bits per heavy atom. The van der Waals surface area contributed by atoms with E-state index in [-0.39, 0.29) is 22.9 Å². The van der Waals surface area contributed by atoms with E-state index in [2.05, 4.69) is 0 Å². The van der Waals surface area contributed by atoms with Crippen LogP contribution in [0.25, 0.3) is 0 Å². The van der Waals surface area contributed by atoms with E-state index in [1.807, 2.05) is 67.7 Å². The summed E-state index contributed by atoms with van der Waals surface area (Å²) in [4.78, 5) is 24.2. The molecule has 1 fully saturated rings. The molecule has 2 unspecified atom stereocenters. The number of hydrogen-bond acceptors (Lipinski definition) is 5. The molecule has 29 heavy (non-hydrogen) atoms. The second-order valence-corrected chi connectivity index (χ2v) is 20.9. The van der Waals surface area contributed by atoms with E-state index in [0.29, 0.717) is 0 Å². The van der Waals surface area contributed by atoms with Crippen molar-refractivity contribution in [1.29, 1.82) is 0 Å². The van der Waals surface area contributed by atoms with Crippen molar-refractivity contribution in [3.8, 4) is 0 Å². The molecule has 0 amide bonds. The summed E-state index contributed by atoms with van der Waals surface area (Å²) in [7, 11) is -4.76. The molecule has 0 aromatic heterocycles. The van der Waals surface area contributed by atoms with Crippen LogP contribution in [0.15, 0.2) is 0 Å². The number of aliphatic hydroxyl groups is 1. The fraction of sp³-hybridized carbons (Fsp3) is 0.900. The molecule has 1 aliphatic carbocycles. The number of hydrogen-bond donors (Lipinski definition) is 3. The highest BCUT2D eigenvalue weighted by Gasteiger charge is 2.59. The van der Waals surface area contributed by atoms with Crippen LogP contribution in [0.1, 0.15) is 54.4 Å². The van der Waals surface area contributed by atoms with Gasteiger partial charge in [0.15, 0.2) is 22.0 Å². The van der Waals surface area contributed by atoms with Crippen LogP contribution in [0, 0.1) is 5.41 Å². The quantitative estimate of drug-likeness (QED) is 0.414. The Morgan fingerprint density at radius 2 is 1.07 bits per heavy atom. The van der Waals surface area contributed by atoms with E-state index >= 15 is 0 Å². The molecule has 7 nitrogen and oxygen atoms in total. The number of rotatable bonds is 6. The molecule has 1 saturated carbocycles. The Morgan fingerprint density at radius 1 is 0.793 bits per heavy atom. The molecule has 0 aromatic carbocycles. The summed E-state index contributed by atoms with van der Waals surface area (Å²) in [6.07, 6.45) is -3.45. The molecule has 0 aliphatic heterocycles. The van der Waals surface area contributed by atoms with Gasteiger partial charge in [-0.05, 0) is 36.3 Å². The second kappa shape index (κ2) is 8.07. The zero-order valence-electron chi connectivity index (χ0n) is 19.6. The summed E-state index contributed by atoms with van der Waals surface area (Å²) in [5, 5.41) is 30.4. The van der Waals surface area contributed by atoms with Crippen LogP contribution in [0.2, 0.25) is 36.3 Å². The molecule has 2 atom stereocenters. The number of carboxylic acids is 2. The first-order valence-electron chi connectivity index (χ1n) is 10.2. The van der Waals surface area contributed by atoms with Gasteiger partial charge in [0.05, 0.1) is 12.2 Å². The minimum absolute atomic E-state index is 0.172. The van der Waals surface area contributed by atoms with E-state index in [4.69, 9.17) is 8.85 Å². The fourth-order valence-corrected chi connectivity index (χ4v) is 5.69. The highest BCUT2D eigenvalue weighted by atomic mass is 28.4. The van der Waals surface area contributed by atoms with Gasteiger partial charge in [-0.15, -0.1) is 0 Å². The first-order valence-corrected chi connectivity index (χ1v) is 16.0. The molecule has 1 rings (SSSR count). The van der Waals surface area contributed by atoms with Gasteiger partial charge in [-0.3, -0.25) is 9.59 Å². The van der Waals surface area contributed by atoms with Crippen LogP contribution in [-0.4, -0.2) is 62.2 Å². The van der Waals surface area contributed by atoms with Crippen LogP contribution in [0.3, 0.4) is 0 Å². The highest BCUT2D eigenvalue weighted by molar-refractivity contribution is 6.74. The summed E-state index contributed by atoms with van der Waals surface area (Å²) in [5.74, 6) is -2.82. The summed E-state index contributed by atoms with van der Waals surface area (Å²) in [5.41, 5.74) is -2.04. The zero-order valence-corrected chi connectivity index (χ0v) is 21.6. The van der Waals surface area contributed by atoms with Crippen molar-refractivity contribution in [3.63, 3.8) is 0 Å². The van der Waals surface area contributed by atoms with Crippen molar-refractivity contribution < 1.29 is 33.8 Å². The molecular weight excluding hydrogens is 408 g/mol. The monoisotopic (exact) mass is 448 g/mol. The molecule has 0 heterocycles. The van der Waals surface area contributed by atoms with Gasteiger partial charge in [0.25, 0.3) is 0 Å². The van der Waals surface area contributed by atoms with Crippen molar-refractivity contribution in [3.05, 3.63) is 0 Å². The van der Waals surface area contributed by atoms with Crippen LogP contribution in [-0.2, 0) is 18.4 Å². The summed E-state index contributed by atoms with van der Waals surface area (Å²) in [6.45, 7) is 20.3. The van der Waals surface area contributed by atoms with Gasteiger partial charge in [-0.2, -0.15) is 0 Å². The Balaban J connectivity index is 3.40. The topological polar surface area (TPSA) is 113 Å². The van der Waals surface area contributed by atoms with Crippen molar-refractivity contribution in [2.75, 3.05) is 0 Å². The van der Waals surface area contributed by atoms with E-state index in [1.165, 1.54) is 0 Å². The first kappa shape index (κ1) is 26.3. The molecule has 1 aliphatic rings. The standard InChI is InChI=1S/C20H40O7Si2/c1-18(2,3)28(7,8)26-13-11-20(16(22)23,17(24)25)12-14(15(13)21)27-29(9,10)19(4,5)6/h13-15,21H,11-12H2,1-10H3,(H,22,23)(H,24,25). The molecule has 0 saturated heterocycles. The Bertz CT molecular complexity index is 578. The van der Waals surface area contributed by atoms with Gasteiger partial charge in [-0.1, -0.05) is 41.5 Å². The zero-order chi connectivity index (χ0) is 23.2. The lowest BCUT2D eigenvalue weighted by atomic mass is 9.70. The van der Waals surface area contributed by atoms with E-state index < -0.39 is 52.3 Å². The maximum absolute atomic E-state index is 12.1. The van der Waals surface area contributed by atoms with Gasteiger partial charge in [0.2, 0.25) is 0 Å². The predicted molar refractivity (Wildman–Crippen MR) is 117 cm³/mol. The minimum Gasteiger partial charge on any atom is -0.480 e. The molecular formula is C20H40O7Si2. The Kier molecular flexibility index (Phi) is 7.31. The average molecular weight is 449 g/mol. The third-order valence-electron chi connectivity index (χ3n) is 7.18. The highest BCUT2D eigenvalue weighted by Crippen LogP contribution is 2.46. The lowest BCUT2D eigenvalue weighted by Crippen LogP contribution is -2.61. The van der Waals surface area contributed by atoms with Crippen molar-refractivity contribution >= 4 is 28.6 Å². The van der Waals surface area contributed by atoms with Gasteiger partial charge >= 0.3 is 11.9 Å². The van der Waals surface area contributed by atoms with Crippen LogP contribution >= 0.6 is 0 Å². The average Bonchev–Trinajstić information content (AvgIpc) is 2.47. The number of carbonyl (C=O) groups is 2. The maximum atomic E-state index is 12.1. The number of aliphatic carboxylic acids is 2. The van der Waals surface area contributed by atoms with Gasteiger partial charge in [0.1, 0.15) is 6.10 Å². The van der Waals surface area contributed by atoms with E-state index in [1.54, 1.807) is 0 Å². The largest absolute Gasteiger partial charge is 0.480 e. The second-order valence-electron chi connectivity index (χ2n) is 11.4. The van der Waals surface area contributed by atoms with Crippen molar-refractivity contribution in [1.82, 2.24) is 0 Å². The maximum Gasteiger partial charge on any atom is 0.321 e. The van der Waals surface area contributed by atoms with E-state index in [0.717, 1.165) is 0 Å². The lowest BCUT2D eigenvalue weighted by molar-refractivity contribution is -0.181. The summed E-state index contributed by atoms with van der Waals surface area (Å²) in [6, 6.07) is 0. The van der Waals surface area contributed by atoms with Crippen LogP contribution < -0.4 is 0 Å². The molecule has 0 radical (unpaired) electrons. The lowest BCUT2D eigenvalue weighted by Gasteiger charge is -2.49. The molecule has 0 bridgehead atoms. The van der Waals surface area contributed by atoms with Gasteiger partial charge < -0.3 is 24.2 Å². The van der Waals surface area contributed by atoms with Gasteiger partial charge in [0, 0.05) is 12.8 Å². The molecule has 9 heteroatoms. The number of aliphatic hydroxyl groups excluding tert-OH is 1. The fourth-order valence-electron chi connectivity index (χ4n) is 3.03. The normalized spacial score (nSPS) is 26.2. The smallest absolute Gasteiger partial charge is 0.321 e. The summed E-state index contributed by atoms with van der Waals surface area (Å²) < 4.78 is 12.7. The van der Waals surface area contributed by atoms with Gasteiger partial charge in [-0.25, -0.2) is 0 Å². The predicted octanol–water partition coefficient (Wildman–Crippen LogP) is 4.08. The summed E-state index contributed by atoms with van der Waals surface area (Å²) >= 11 is 0. The number of carboxylic acid groups (broad SMARTS) is 2. The van der Waals surface area contributed by atoms with Crippen LogP contribution in [0.4, 0.5) is 0 Å². The molecule has 170 valence electrons. The Labute approximate surface area is 177 Å². The molecule has 0 aromatic rings. The van der Waals surface area contributed by atoms with Crippen molar-refractivity contribution in [2.24, 2.45) is 5.41 Å². The third kappa shape index (κ3) is 5.30. The molecule has 3 N–H and O–H groups in total.